The van der Waals surface area contributed by atoms with Gasteiger partial charge in [-0.25, -0.2) is 4.39 Å². The van der Waals surface area contributed by atoms with Crippen molar-refractivity contribution in [3.05, 3.63) is 35.1 Å². The van der Waals surface area contributed by atoms with Gasteiger partial charge in [-0.1, -0.05) is 6.07 Å². The molecule has 3 heterocycles. The van der Waals surface area contributed by atoms with E-state index in [2.05, 4.69) is 4.90 Å². The summed E-state index contributed by atoms with van der Waals surface area (Å²) in [6, 6.07) is 4.69. The molecule has 0 unspecified atom stereocenters. The number of hydrogen-bond donors (Lipinski definition) is 0. The van der Waals surface area contributed by atoms with Crippen LogP contribution in [0.15, 0.2) is 18.2 Å². The van der Waals surface area contributed by atoms with Gasteiger partial charge >= 0.3 is 0 Å². The van der Waals surface area contributed by atoms with Gasteiger partial charge in [-0.05, 0) is 43.4 Å². The highest BCUT2D eigenvalue weighted by molar-refractivity contribution is 5.95. The SMILES string of the molecule is Cc1ccc(C(=O)N2CC3(CC[C@H](CN4CCOCC4)CO3)C2)cc1F. The zero-order valence-electron chi connectivity index (χ0n) is 15.4. The molecule has 6 heteroatoms. The van der Waals surface area contributed by atoms with Crippen molar-refractivity contribution in [1.29, 1.82) is 0 Å². The van der Waals surface area contributed by atoms with E-state index in [1.54, 1.807) is 24.0 Å². The van der Waals surface area contributed by atoms with E-state index in [9.17, 15) is 9.18 Å². The highest BCUT2D eigenvalue weighted by Gasteiger charge is 2.48. The Hall–Kier alpha value is -1.50. The average Bonchev–Trinajstić information content (AvgIpc) is 2.63. The number of rotatable bonds is 3. The number of benzene rings is 1. The van der Waals surface area contributed by atoms with Crippen molar-refractivity contribution in [1.82, 2.24) is 9.80 Å². The Morgan fingerprint density at radius 3 is 2.73 bits per heavy atom. The van der Waals surface area contributed by atoms with Crippen LogP contribution in [0, 0.1) is 18.7 Å². The molecule has 3 fully saturated rings. The fourth-order valence-corrected chi connectivity index (χ4v) is 4.16. The normalized spacial score (nSPS) is 25.9. The fraction of sp³-hybridized carbons (Fsp3) is 0.650. The number of halogens is 1. The number of morpholine rings is 1. The number of aryl methyl sites for hydroxylation is 1. The number of carbonyl (C=O) groups is 1. The van der Waals surface area contributed by atoms with Gasteiger partial charge in [0.25, 0.3) is 5.91 Å². The van der Waals surface area contributed by atoms with Crippen LogP contribution in [0.1, 0.15) is 28.8 Å². The van der Waals surface area contributed by atoms with Crippen LogP contribution in [0.2, 0.25) is 0 Å². The van der Waals surface area contributed by atoms with Crippen molar-refractivity contribution in [3.8, 4) is 0 Å². The third kappa shape index (κ3) is 3.63. The van der Waals surface area contributed by atoms with E-state index in [1.165, 1.54) is 6.07 Å². The summed E-state index contributed by atoms with van der Waals surface area (Å²) >= 11 is 0. The van der Waals surface area contributed by atoms with E-state index in [4.69, 9.17) is 9.47 Å². The van der Waals surface area contributed by atoms with Crippen LogP contribution in [-0.2, 0) is 9.47 Å². The van der Waals surface area contributed by atoms with Crippen LogP contribution < -0.4 is 0 Å². The Labute approximate surface area is 154 Å². The molecule has 26 heavy (non-hydrogen) atoms. The third-order valence-corrected chi connectivity index (χ3v) is 5.92. The van der Waals surface area contributed by atoms with E-state index < -0.39 is 0 Å². The first-order valence-corrected chi connectivity index (χ1v) is 9.54. The van der Waals surface area contributed by atoms with Gasteiger partial charge in [0.15, 0.2) is 0 Å². The van der Waals surface area contributed by atoms with Gasteiger partial charge in [0.05, 0.1) is 32.9 Å². The lowest BCUT2D eigenvalue weighted by molar-refractivity contribution is -0.169. The lowest BCUT2D eigenvalue weighted by Gasteiger charge is -2.53. The summed E-state index contributed by atoms with van der Waals surface area (Å²) in [4.78, 5) is 16.8. The Kier molecular flexibility index (Phi) is 4.99. The molecule has 0 N–H and O–H groups in total. The first kappa shape index (κ1) is 17.9. The maximum Gasteiger partial charge on any atom is 0.254 e. The van der Waals surface area contributed by atoms with Gasteiger partial charge in [-0.15, -0.1) is 0 Å². The van der Waals surface area contributed by atoms with Crippen molar-refractivity contribution in [3.63, 3.8) is 0 Å². The summed E-state index contributed by atoms with van der Waals surface area (Å²) < 4.78 is 25.3. The van der Waals surface area contributed by atoms with Crippen molar-refractivity contribution in [2.24, 2.45) is 5.92 Å². The summed E-state index contributed by atoms with van der Waals surface area (Å²) in [5, 5.41) is 0. The number of likely N-dealkylation sites (tertiary alicyclic amines) is 1. The first-order valence-electron chi connectivity index (χ1n) is 9.54. The molecule has 1 amide bonds. The largest absolute Gasteiger partial charge is 0.379 e. The molecule has 1 spiro atoms. The number of nitrogens with zero attached hydrogens (tertiary/aromatic N) is 2. The summed E-state index contributed by atoms with van der Waals surface area (Å²) in [6.45, 7) is 8.45. The molecule has 3 aliphatic heterocycles. The van der Waals surface area contributed by atoms with Gasteiger partial charge in [0.1, 0.15) is 11.4 Å². The summed E-state index contributed by atoms with van der Waals surface area (Å²) in [6.07, 6.45) is 2.13. The first-order chi connectivity index (χ1) is 12.5. The van der Waals surface area contributed by atoms with Crippen molar-refractivity contribution < 1.29 is 18.7 Å². The van der Waals surface area contributed by atoms with Gasteiger partial charge in [0.2, 0.25) is 0 Å². The minimum atomic E-state index is -0.328. The predicted molar refractivity (Wildman–Crippen MR) is 95.7 cm³/mol. The number of carbonyl (C=O) groups excluding carboxylic acids is 1. The van der Waals surface area contributed by atoms with Crippen molar-refractivity contribution in [2.45, 2.75) is 25.4 Å². The van der Waals surface area contributed by atoms with Crippen LogP contribution in [0.4, 0.5) is 4.39 Å². The predicted octanol–water partition coefficient (Wildman–Crippen LogP) is 2.09. The van der Waals surface area contributed by atoms with Gasteiger partial charge in [-0.3, -0.25) is 9.69 Å². The molecule has 0 radical (unpaired) electrons. The summed E-state index contributed by atoms with van der Waals surface area (Å²) in [5.41, 5.74) is 0.799. The molecule has 1 aromatic carbocycles. The highest BCUT2D eigenvalue weighted by atomic mass is 19.1. The third-order valence-electron chi connectivity index (χ3n) is 5.92. The second-order valence-electron chi connectivity index (χ2n) is 7.94. The number of ether oxygens (including phenoxy) is 2. The molecule has 0 aromatic heterocycles. The summed E-state index contributed by atoms with van der Waals surface area (Å²) in [5.74, 6) is 0.134. The Morgan fingerprint density at radius 1 is 1.31 bits per heavy atom. The molecule has 0 bridgehead atoms. The number of hydrogen-bond acceptors (Lipinski definition) is 4. The van der Waals surface area contributed by atoms with Crippen LogP contribution in [0.5, 0.6) is 0 Å². The fourth-order valence-electron chi connectivity index (χ4n) is 4.16. The topological polar surface area (TPSA) is 42.0 Å². The molecule has 1 atom stereocenters. The molecule has 3 aliphatic rings. The summed E-state index contributed by atoms with van der Waals surface area (Å²) in [7, 11) is 0. The minimum absolute atomic E-state index is 0.103. The van der Waals surface area contributed by atoms with E-state index in [-0.39, 0.29) is 17.3 Å². The van der Waals surface area contributed by atoms with Gasteiger partial charge in [-0.2, -0.15) is 0 Å². The Bertz CT molecular complexity index is 659. The molecule has 1 aromatic rings. The zero-order valence-corrected chi connectivity index (χ0v) is 15.4. The molecule has 0 aliphatic carbocycles. The molecular formula is C20H27FN2O3. The van der Waals surface area contributed by atoms with Crippen LogP contribution in [0.3, 0.4) is 0 Å². The van der Waals surface area contributed by atoms with Crippen LogP contribution in [-0.4, -0.2) is 73.9 Å². The van der Waals surface area contributed by atoms with Crippen LogP contribution in [0.25, 0.3) is 0 Å². The van der Waals surface area contributed by atoms with E-state index in [0.29, 0.717) is 30.1 Å². The van der Waals surface area contributed by atoms with E-state index >= 15 is 0 Å². The van der Waals surface area contributed by atoms with Crippen molar-refractivity contribution in [2.75, 3.05) is 52.5 Å². The molecule has 3 saturated heterocycles. The quantitative estimate of drug-likeness (QED) is 0.826. The van der Waals surface area contributed by atoms with Crippen molar-refractivity contribution >= 4 is 5.91 Å². The van der Waals surface area contributed by atoms with E-state index in [1.807, 2.05) is 0 Å². The van der Waals surface area contributed by atoms with Gasteiger partial charge in [0, 0.05) is 25.2 Å². The molecule has 4 rings (SSSR count). The smallest absolute Gasteiger partial charge is 0.254 e. The van der Waals surface area contributed by atoms with E-state index in [0.717, 1.165) is 52.3 Å². The average molecular weight is 362 g/mol. The highest BCUT2D eigenvalue weighted by Crippen LogP contribution is 2.37. The molecule has 5 nitrogen and oxygen atoms in total. The Balaban J connectivity index is 1.26. The number of amides is 1. The second-order valence-corrected chi connectivity index (χ2v) is 7.94. The molecule has 0 saturated carbocycles. The monoisotopic (exact) mass is 362 g/mol. The second kappa shape index (κ2) is 7.25. The maximum absolute atomic E-state index is 13.7. The lowest BCUT2D eigenvalue weighted by atomic mass is 9.82. The lowest BCUT2D eigenvalue weighted by Crippen LogP contribution is -2.66. The molecule has 142 valence electrons. The van der Waals surface area contributed by atoms with Gasteiger partial charge < -0.3 is 14.4 Å². The minimum Gasteiger partial charge on any atom is -0.379 e. The zero-order chi connectivity index (χ0) is 18.1. The van der Waals surface area contributed by atoms with Crippen LogP contribution >= 0.6 is 0 Å². The Morgan fingerprint density at radius 2 is 2.08 bits per heavy atom. The molecular weight excluding hydrogens is 335 g/mol. The maximum atomic E-state index is 13.7. The standard InChI is InChI=1S/C20H27FN2O3/c1-15-2-3-17(10-18(15)21)19(24)23-13-20(14-23)5-4-16(12-26-20)11-22-6-8-25-9-7-22/h2-3,10,16H,4-9,11-14H2,1H3/t16-/m1/s1.